The van der Waals surface area contributed by atoms with Crippen LogP contribution in [0.25, 0.3) is 0 Å². The molecule has 6 nitrogen and oxygen atoms in total. The van der Waals surface area contributed by atoms with Crippen LogP contribution in [0.2, 0.25) is 0 Å². The number of aliphatic hydroxyl groups is 2. The molecule has 1 heterocycles. The van der Waals surface area contributed by atoms with Crippen LogP contribution >= 0.6 is 0 Å². The lowest BCUT2D eigenvalue weighted by molar-refractivity contribution is -0.130. The molecule has 0 aromatic carbocycles. The van der Waals surface area contributed by atoms with Gasteiger partial charge in [0, 0.05) is 19.0 Å². The Morgan fingerprint density at radius 1 is 1.35 bits per heavy atom. The summed E-state index contributed by atoms with van der Waals surface area (Å²) in [6.45, 7) is 1.38. The van der Waals surface area contributed by atoms with Gasteiger partial charge in [0.05, 0.1) is 24.7 Å². The topological polar surface area (TPSA) is 89.9 Å². The minimum absolute atomic E-state index is 0.0479. The van der Waals surface area contributed by atoms with E-state index in [1.54, 1.807) is 6.92 Å². The molecule has 0 aromatic heterocycles. The summed E-state index contributed by atoms with van der Waals surface area (Å²) in [7, 11) is 0. The van der Waals surface area contributed by atoms with Crippen LogP contribution in [0, 0.1) is 5.92 Å². The molecule has 1 saturated carbocycles. The first kappa shape index (κ1) is 15.3. The van der Waals surface area contributed by atoms with Crippen LogP contribution in [-0.4, -0.2) is 58.3 Å². The van der Waals surface area contributed by atoms with Gasteiger partial charge >= 0.3 is 0 Å². The predicted octanol–water partition coefficient (Wildman–Crippen LogP) is -0.363. The number of likely N-dealkylation sites (tertiary alicyclic amines) is 1. The zero-order valence-corrected chi connectivity index (χ0v) is 12.0. The molecule has 1 aliphatic heterocycles. The van der Waals surface area contributed by atoms with Gasteiger partial charge in [-0.15, -0.1) is 0 Å². The van der Waals surface area contributed by atoms with Crippen molar-refractivity contribution in [3.05, 3.63) is 0 Å². The minimum atomic E-state index is -1.03. The normalized spacial score (nSPS) is 24.4. The number of rotatable bonds is 5. The van der Waals surface area contributed by atoms with Crippen LogP contribution in [0.1, 0.15) is 39.0 Å². The van der Waals surface area contributed by atoms with Crippen molar-refractivity contribution in [2.45, 2.75) is 50.6 Å². The summed E-state index contributed by atoms with van der Waals surface area (Å²) in [5, 5.41) is 21.1. The lowest BCUT2D eigenvalue weighted by Gasteiger charge is -2.28. The van der Waals surface area contributed by atoms with Gasteiger partial charge in [-0.1, -0.05) is 12.8 Å². The molecule has 0 aromatic rings. The Bertz CT molecular complexity index is 375. The molecular weight excluding hydrogens is 260 g/mol. The third-order valence-electron chi connectivity index (χ3n) is 4.42. The second-order valence-electron chi connectivity index (χ2n) is 6.25. The number of carbonyl (C=O) groups is 2. The van der Waals surface area contributed by atoms with Crippen LogP contribution in [0.3, 0.4) is 0 Å². The van der Waals surface area contributed by atoms with E-state index in [1.807, 2.05) is 4.90 Å². The molecule has 2 rings (SSSR count). The third-order valence-corrected chi connectivity index (χ3v) is 4.42. The van der Waals surface area contributed by atoms with Gasteiger partial charge in [-0.25, -0.2) is 0 Å². The van der Waals surface area contributed by atoms with E-state index in [-0.39, 0.29) is 37.4 Å². The van der Waals surface area contributed by atoms with E-state index in [9.17, 15) is 19.8 Å². The van der Waals surface area contributed by atoms with Gasteiger partial charge in [0.1, 0.15) is 0 Å². The molecule has 2 fully saturated rings. The number of amides is 2. The molecule has 6 heteroatoms. The first-order chi connectivity index (χ1) is 9.49. The summed E-state index contributed by atoms with van der Waals surface area (Å²) in [5.74, 6) is -0.586. The number of hydrogen-bond donors (Lipinski definition) is 3. The summed E-state index contributed by atoms with van der Waals surface area (Å²) in [5.41, 5.74) is -1.03. The lowest BCUT2D eigenvalue weighted by Crippen LogP contribution is -2.53. The van der Waals surface area contributed by atoms with Crippen molar-refractivity contribution in [2.75, 3.05) is 19.8 Å². The molecule has 3 N–H and O–H groups in total. The Labute approximate surface area is 119 Å². The van der Waals surface area contributed by atoms with Crippen molar-refractivity contribution in [3.63, 3.8) is 0 Å². The van der Waals surface area contributed by atoms with Gasteiger partial charge in [0.2, 0.25) is 11.8 Å². The predicted molar refractivity (Wildman–Crippen MR) is 72.8 cm³/mol. The monoisotopic (exact) mass is 284 g/mol. The average Bonchev–Trinajstić information content (AvgIpc) is 3.07. The van der Waals surface area contributed by atoms with Gasteiger partial charge < -0.3 is 20.4 Å². The Morgan fingerprint density at radius 3 is 2.50 bits per heavy atom. The Kier molecular flexibility index (Phi) is 4.65. The Balaban J connectivity index is 1.94. The second-order valence-corrected chi connectivity index (χ2v) is 6.25. The molecule has 0 radical (unpaired) electrons. The lowest BCUT2D eigenvalue weighted by atomic mass is 10.0. The fourth-order valence-electron chi connectivity index (χ4n) is 3.00. The molecule has 1 atom stereocenters. The van der Waals surface area contributed by atoms with Crippen LogP contribution in [0.5, 0.6) is 0 Å². The van der Waals surface area contributed by atoms with E-state index in [2.05, 4.69) is 5.32 Å². The van der Waals surface area contributed by atoms with Crippen LogP contribution in [0.4, 0.5) is 0 Å². The summed E-state index contributed by atoms with van der Waals surface area (Å²) in [6.07, 6.45) is 4.60. The highest BCUT2D eigenvalue weighted by atomic mass is 16.3. The quantitative estimate of drug-likeness (QED) is 0.643. The van der Waals surface area contributed by atoms with E-state index in [4.69, 9.17) is 0 Å². The average molecular weight is 284 g/mol. The fourth-order valence-corrected chi connectivity index (χ4v) is 3.00. The molecule has 2 amide bonds. The van der Waals surface area contributed by atoms with Gasteiger partial charge in [0.25, 0.3) is 0 Å². The van der Waals surface area contributed by atoms with Crippen LogP contribution < -0.4 is 5.32 Å². The maximum atomic E-state index is 12.2. The van der Waals surface area contributed by atoms with Crippen molar-refractivity contribution >= 4 is 11.8 Å². The van der Waals surface area contributed by atoms with Crippen molar-refractivity contribution < 1.29 is 19.8 Å². The number of aliphatic hydroxyl groups excluding tert-OH is 2. The van der Waals surface area contributed by atoms with Gasteiger partial charge in [-0.2, -0.15) is 0 Å². The first-order valence-electron chi connectivity index (χ1n) is 7.32. The van der Waals surface area contributed by atoms with E-state index in [0.29, 0.717) is 12.6 Å². The van der Waals surface area contributed by atoms with Crippen molar-refractivity contribution in [2.24, 2.45) is 5.92 Å². The molecule has 1 unspecified atom stereocenters. The van der Waals surface area contributed by atoms with E-state index >= 15 is 0 Å². The number of hydrogen-bond acceptors (Lipinski definition) is 4. The largest absolute Gasteiger partial charge is 0.394 e. The smallest absolute Gasteiger partial charge is 0.226 e. The van der Waals surface area contributed by atoms with Crippen LogP contribution in [0.15, 0.2) is 0 Å². The van der Waals surface area contributed by atoms with Gasteiger partial charge in [0.15, 0.2) is 0 Å². The molecule has 0 bridgehead atoms. The van der Waals surface area contributed by atoms with Crippen LogP contribution in [-0.2, 0) is 9.59 Å². The second kappa shape index (κ2) is 6.10. The highest BCUT2D eigenvalue weighted by Crippen LogP contribution is 2.29. The van der Waals surface area contributed by atoms with E-state index < -0.39 is 5.54 Å². The summed E-state index contributed by atoms with van der Waals surface area (Å²) in [4.78, 5) is 26.0. The molecule has 0 spiro atoms. The Morgan fingerprint density at radius 2 is 1.95 bits per heavy atom. The van der Waals surface area contributed by atoms with Crippen molar-refractivity contribution in [1.29, 1.82) is 0 Å². The summed E-state index contributed by atoms with van der Waals surface area (Å²) in [6, 6.07) is 0.294. The summed E-state index contributed by atoms with van der Waals surface area (Å²) < 4.78 is 0. The molecule has 1 saturated heterocycles. The Hall–Kier alpha value is -1.14. The van der Waals surface area contributed by atoms with Crippen molar-refractivity contribution in [1.82, 2.24) is 10.2 Å². The maximum Gasteiger partial charge on any atom is 0.226 e. The maximum absolute atomic E-state index is 12.2. The number of nitrogens with one attached hydrogen (secondary N) is 1. The van der Waals surface area contributed by atoms with E-state index in [1.165, 1.54) is 0 Å². The number of carbonyl (C=O) groups excluding carboxylic acids is 2. The highest BCUT2D eigenvalue weighted by molar-refractivity contribution is 5.89. The summed E-state index contributed by atoms with van der Waals surface area (Å²) >= 11 is 0. The molecular formula is C14H24N2O4. The van der Waals surface area contributed by atoms with E-state index in [0.717, 1.165) is 25.7 Å². The van der Waals surface area contributed by atoms with Crippen molar-refractivity contribution in [3.8, 4) is 0 Å². The minimum Gasteiger partial charge on any atom is -0.394 e. The third kappa shape index (κ3) is 3.12. The molecule has 20 heavy (non-hydrogen) atoms. The fraction of sp³-hybridized carbons (Fsp3) is 0.857. The standard InChI is InChI=1S/C14H24N2O4/c1-14(8-17,9-18)15-13(20)10-6-12(19)16(7-10)11-4-2-3-5-11/h10-11,17-18H,2-9H2,1H3,(H,15,20). The molecule has 2 aliphatic rings. The molecule has 1 aliphatic carbocycles. The number of nitrogens with zero attached hydrogens (tertiary/aromatic N) is 1. The zero-order chi connectivity index (χ0) is 14.8. The first-order valence-corrected chi connectivity index (χ1v) is 7.32. The zero-order valence-electron chi connectivity index (χ0n) is 12.0. The van der Waals surface area contributed by atoms with Gasteiger partial charge in [-0.05, 0) is 19.8 Å². The molecule has 114 valence electrons. The SMILES string of the molecule is CC(CO)(CO)NC(=O)C1CC(=O)N(C2CCCC2)C1. The highest BCUT2D eigenvalue weighted by Gasteiger charge is 2.40. The van der Waals surface area contributed by atoms with Gasteiger partial charge in [-0.3, -0.25) is 9.59 Å².